The quantitative estimate of drug-likeness (QED) is 0.600. The van der Waals surface area contributed by atoms with Crippen molar-refractivity contribution in [3.05, 3.63) is 28.7 Å². The summed E-state index contributed by atoms with van der Waals surface area (Å²) in [7, 11) is 0. The number of nitrogens with one attached hydrogen (secondary N) is 1. The average Bonchev–Trinajstić information content (AvgIpc) is 2.43. The van der Waals surface area contributed by atoms with Gasteiger partial charge >= 0.3 is 0 Å². The van der Waals surface area contributed by atoms with Gasteiger partial charge in [-0.05, 0) is 36.5 Å². The molecule has 0 amide bonds. The standard InChI is InChI=1S/C16H26BrNO3/c1-16(2,7-4-8-19)12-18-10-14(20)11-21-15-6-3-5-13(17)9-15/h3,5-6,9,14,18-20H,4,7-8,10-12H2,1-2H3. The van der Waals surface area contributed by atoms with Gasteiger partial charge in [0.05, 0.1) is 0 Å². The number of aliphatic hydroxyl groups is 2. The summed E-state index contributed by atoms with van der Waals surface area (Å²) in [6, 6.07) is 7.56. The summed E-state index contributed by atoms with van der Waals surface area (Å²) in [6.45, 7) is 6.10. The molecule has 0 aliphatic rings. The predicted octanol–water partition coefficient (Wildman–Crippen LogP) is 2.58. The molecule has 1 rings (SSSR count). The zero-order valence-electron chi connectivity index (χ0n) is 12.8. The maximum absolute atomic E-state index is 9.91. The van der Waals surface area contributed by atoms with Crippen LogP contribution in [0.5, 0.6) is 5.75 Å². The minimum absolute atomic E-state index is 0.119. The Morgan fingerprint density at radius 2 is 2.14 bits per heavy atom. The molecule has 0 bridgehead atoms. The van der Waals surface area contributed by atoms with Gasteiger partial charge in [0, 0.05) is 24.2 Å². The molecule has 0 aliphatic heterocycles. The van der Waals surface area contributed by atoms with E-state index in [-0.39, 0.29) is 18.6 Å². The third-order valence-corrected chi connectivity index (χ3v) is 3.73. The van der Waals surface area contributed by atoms with E-state index < -0.39 is 6.10 Å². The van der Waals surface area contributed by atoms with Crippen molar-refractivity contribution in [1.82, 2.24) is 5.32 Å². The number of hydrogen-bond donors (Lipinski definition) is 3. The Balaban J connectivity index is 2.20. The highest BCUT2D eigenvalue weighted by Gasteiger charge is 2.17. The van der Waals surface area contributed by atoms with Crippen LogP contribution in [0.2, 0.25) is 0 Å². The van der Waals surface area contributed by atoms with Gasteiger partial charge in [-0.3, -0.25) is 0 Å². The molecule has 0 heterocycles. The van der Waals surface area contributed by atoms with Crippen LogP contribution in [0.4, 0.5) is 0 Å². The Labute approximate surface area is 135 Å². The van der Waals surface area contributed by atoms with Crippen molar-refractivity contribution in [2.45, 2.75) is 32.8 Å². The molecule has 0 aromatic heterocycles. The van der Waals surface area contributed by atoms with Gasteiger partial charge < -0.3 is 20.3 Å². The molecular weight excluding hydrogens is 334 g/mol. The Kier molecular flexibility index (Phi) is 8.26. The van der Waals surface area contributed by atoms with E-state index in [0.717, 1.165) is 29.6 Å². The molecule has 0 aliphatic carbocycles. The third-order valence-electron chi connectivity index (χ3n) is 3.23. The van der Waals surface area contributed by atoms with Crippen LogP contribution in [-0.4, -0.2) is 42.6 Å². The van der Waals surface area contributed by atoms with Crippen molar-refractivity contribution < 1.29 is 14.9 Å². The van der Waals surface area contributed by atoms with E-state index in [0.29, 0.717) is 6.54 Å². The van der Waals surface area contributed by atoms with E-state index in [4.69, 9.17) is 9.84 Å². The van der Waals surface area contributed by atoms with Crippen LogP contribution in [0.15, 0.2) is 28.7 Å². The van der Waals surface area contributed by atoms with Crippen molar-refractivity contribution >= 4 is 15.9 Å². The summed E-state index contributed by atoms with van der Waals surface area (Å²) in [4.78, 5) is 0. The smallest absolute Gasteiger partial charge is 0.120 e. The Morgan fingerprint density at radius 3 is 2.81 bits per heavy atom. The van der Waals surface area contributed by atoms with Gasteiger partial charge in [0.15, 0.2) is 0 Å². The normalized spacial score (nSPS) is 13.2. The molecule has 3 N–H and O–H groups in total. The molecule has 0 radical (unpaired) electrons. The van der Waals surface area contributed by atoms with Gasteiger partial charge in [0.1, 0.15) is 18.5 Å². The lowest BCUT2D eigenvalue weighted by Gasteiger charge is -2.25. The number of aliphatic hydroxyl groups excluding tert-OH is 2. The molecule has 1 aromatic rings. The van der Waals surface area contributed by atoms with E-state index in [1.165, 1.54) is 0 Å². The number of rotatable bonds is 10. The molecule has 120 valence electrons. The maximum Gasteiger partial charge on any atom is 0.120 e. The first kappa shape index (κ1) is 18.4. The molecular formula is C16H26BrNO3. The van der Waals surface area contributed by atoms with E-state index >= 15 is 0 Å². The lowest BCUT2D eigenvalue weighted by Crippen LogP contribution is -2.37. The second-order valence-electron chi connectivity index (χ2n) is 6.04. The second kappa shape index (κ2) is 9.41. The predicted molar refractivity (Wildman–Crippen MR) is 88.6 cm³/mol. The van der Waals surface area contributed by atoms with Crippen LogP contribution >= 0.6 is 15.9 Å². The molecule has 0 saturated heterocycles. The first-order valence-electron chi connectivity index (χ1n) is 7.31. The number of halogens is 1. The monoisotopic (exact) mass is 359 g/mol. The molecule has 5 heteroatoms. The zero-order valence-corrected chi connectivity index (χ0v) is 14.4. The summed E-state index contributed by atoms with van der Waals surface area (Å²) >= 11 is 3.38. The van der Waals surface area contributed by atoms with Crippen molar-refractivity contribution in [3.63, 3.8) is 0 Å². The number of ether oxygens (including phenoxy) is 1. The molecule has 21 heavy (non-hydrogen) atoms. The summed E-state index contributed by atoms with van der Waals surface area (Å²) < 4.78 is 6.50. The number of hydrogen-bond acceptors (Lipinski definition) is 4. The molecule has 0 saturated carbocycles. The fourth-order valence-electron chi connectivity index (χ4n) is 2.03. The molecule has 1 aromatic carbocycles. The van der Waals surface area contributed by atoms with E-state index in [1.807, 2.05) is 24.3 Å². The van der Waals surface area contributed by atoms with Crippen LogP contribution in [-0.2, 0) is 0 Å². The third kappa shape index (κ3) is 8.41. The SMILES string of the molecule is CC(C)(CCCO)CNCC(O)COc1cccc(Br)c1. The Bertz CT molecular complexity index is 412. The summed E-state index contributed by atoms with van der Waals surface area (Å²) in [5.74, 6) is 0.742. The van der Waals surface area contributed by atoms with Crippen molar-refractivity contribution in [2.24, 2.45) is 5.41 Å². The highest BCUT2D eigenvalue weighted by Crippen LogP contribution is 2.20. The van der Waals surface area contributed by atoms with E-state index in [9.17, 15) is 5.11 Å². The van der Waals surface area contributed by atoms with Crippen LogP contribution in [0, 0.1) is 5.41 Å². The van der Waals surface area contributed by atoms with Crippen LogP contribution in [0.25, 0.3) is 0 Å². The van der Waals surface area contributed by atoms with Gasteiger partial charge in [-0.1, -0.05) is 35.8 Å². The highest BCUT2D eigenvalue weighted by molar-refractivity contribution is 9.10. The first-order valence-corrected chi connectivity index (χ1v) is 8.10. The minimum Gasteiger partial charge on any atom is -0.491 e. The first-order chi connectivity index (χ1) is 9.93. The van der Waals surface area contributed by atoms with Crippen LogP contribution in [0.3, 0.4) is 0 Å². The van der Waals surface area contributed by atoms with Gasteiger partial charge in [0.2, 0.25) is 0 Å². The van der Waals surface area contributed by atoms with Crippen molar-refractivity contribution in [1.29, 1.82) is 0 Å². The van der Waals surface area contributed by atoms with Crippen molar-refractivity contribution in [3.8, 4) is 5.75 Å². The van der Waals surface area contributed by atoms with Crippen LogP contribution in [0.1, 0.15) is 26.7 Å². The second-order valence-corrected chi connectivity index (χ2v) is 6.96. The molecule has 0 fully saturated rings. The largest absolute Gasteiger partial charge is 0.491 e. The van der Waals surface area contributed by atoms with Gasteiger partial charge in [-0.2, -0.15) is 0 Å². The lowest BCUT2D eigenvalue weighted by molar-refractivity contribution is 0.103. The van der Waals surface area contributed by atoms with E-state index in [1.54, 1.807) is 0 Å². The van der Waals surface area contributed by atoms with Gasteiger partial charge in [0.25, 0.3) is 0 Å². The molecule has 0 spiro atoms. The van der Waals surface area contributed by atoms with Crippen LogP contribution < -0.4 is 10.1 Å². The fraction of sp³-hybridized carbons (Fsp3) is 0.625. The molecule has 4 nitrogen and oxygen atoms in total. The van der Waals surface area contributed by atoms with E-state index in [2.05, 4.69) is 35.1 Å². The zero-order chi connectivity index (χ0) is 15.7. The Hall–Kier alpha value is -0.620. The highest BCUT2D eigenvalue weighted by atomic mass is 79.9. The topological polar surface area (TPSA) is 61.7 Å². The maximum atomic E-state index is 9.91. The van der Waals surface area contributed by atoms with Gasteiger partial charge in [-0.25, -0.2) is 0 Å². The summed E-state index contributed by atoms with van der Waals surface area (Å²) in [5.41, 5.74) is 0.119. The molecule has 1 atom stereocenters. The summed E-state index contributed by atoms with van der Waals surface area (Å²) in [6.07, 6.45) is 1.22. The fourth-order valence-corrected chi connectivity index (χ4v) is 2.41. The number of benzene rings is 1. The molecule has 1 unspecified atom stereocenters. The lowest BCUT2D eigenvalue weighted by atomic mass is 9.88. The minimum atomic E-state index is -0.544. The Morgan fingerprint density at radius 1 is 1.38 bits per heavy atom. The van der Waals surface area contributed by atoms with Crippen molar-refractivity contribution in [2.75, 3.05) is 26.3 Å². The van der Waals surface area contributed by atoms with Gasteiger partial charge in [-0.15, -0.1) is 0 Å². The summed E-state index contributed by atoms with van der Waals surface area (Å²) in [5, 5.41) is 22.0. The average molecular weight is 360 g/mol.